The molecule has 2 aliphatic heterocycles. The van der Waals surface area contributed by atoms with Crippen molar-refractivity contribution >= 4 is 0 Å². The van der Waals surface area contributed by atoms with Gasteiger partial charge in [0.25, 0.3) is 0 Å². The minimum absolute atomic E-state index is 0.392. The highest BCUT2D eigenvalue weighted by molar-refractivity contribution is 5.44. The SMILES string of the molecule is C(OCC1CO1)C1CO1.C1=CCC(C2=CC=CC2)=C1.CCCCCC(O)O. The Morgan fingerprint density at radius 1 is 0.963 bits per heavy atom. The van der Waals surface area contributed by atoms with Crippen molar-refractivity contribution in [2.75, 3.05) is 26.4 Å². The molecule has 0 bridgehead atoms. The summed E-state index contributed by atoms with van der Waals surface area (Å²) in [5, 5.41) is 16.7. The minimum atomic E-state index is -1.10. The lowest BCUT2D eigenvalue weighted by Crippen LogP contribution is -2.06. The molecule has 2 aliphatic carbocycles. The number of ether oxygens (including phenoxy) is 3. The summed E-state index contributed by atoms with van der Waals surface area (Å²) in [7, 11) is 0. The van der Waals surface area contributed by atoms with Crippen LogP contribution in [0.3, 0.4) is 0 Å². The second-order valence-corrected chi connectivity index (χ2v) is 7.07. The molecule has 152 valence electrons. The average molecular weight is 379 g/mol. The second-order valence-electron chi connectivity index (χ2n) is 7.07. The molecule has 2 heterocycles. The number of aliphatic hydroxyl groups excluding tert-OH is 1. The van der Waals surface area contributed by atoms with E-state index in [1.165, 1.54) is 11.1 Å². The maximum Gasteiger partial charge on any atom is 0.151 e. The Balaban J connectivity index is 0.000000147. The number of aliphatic hydroxyl groups is 2. The van der Waals surface area contributed by atoms with Gasteiger partial charge in [0, 0.05) is 0 Å². The number of epoxide rings is 2. The Kier molecular flexibility index (Phi) is 10.6. The molecule has 0 aromatic heterocycles. The fourth-order valence-corrected chi connectivity index (χ4v) is 2.61. The molecule has 0 aromatic rings. The van der Waals surface area contributed by atoms with Crippen LogP contribution in [-0.4, -0.2) is 55.1 Å². The third-order valence-corrected chi connectivity index (χ3v) is 4.43. The molecule has 4 rings (SSSR count). The summed E-state index contributed by atoms with van der Waals surface area (Å²) in [5.74, 6) is 0. The smallest absolute Gasteiger partial charge is 0.151 e. The van der Waals surface area contributed by atoms with Crippen LogP contribution in [0.25, 0.3) is 0 Å². The summed E-state index contributed by atoms with van der Waals surface area (Å²) < 4.78 is 15.1. The molecule has 2 N–H and O–H groups in total. The van der Waals surface area contributed by atoms with Crippen LogP contribution in [0.4, 0.5) is 0 Å². The highest BCUT2D eigenvalue weighted by atomic mass is 16.6. The standard InChI is InChI=1S/C10H10.C6H10O3.C6H14O2/c1-2-6-9(5-1)10-7-3-4-8-10;1(5-3-8-5)7-2-6-4-9-6;1-2-3-4-5-6(7)8/h1-5,7H,6,8H2;5-6H,1-4H2;6-8H,2-5H2,1H3. The van der Waals surface area contributed by atoms with E-state index in [4.69, 9.17) is 24.4 Å². The molecule has 0 aromatic carbocycles. The number of unbranched alkanes of at least 4 members (excludes halogenated alkanes) is 2. The number of hydrogen-bond acceptors (Lipinski definition) is 5. The van der Waals surface area contributed by atoms with E-state index >= 15 is 0 Å². The summed E-state index contributed by atoms with van der Waals surface area (Å²) in [4.78, 5) is 0. The van der Waals surface area contributed by atoms with Crippen LogP contribution in [0.5, 0.6) is 0 Å². The van der Waals surface area contributed by atoms with E-state index in [2.05, 4.69) is 43.4 Å². The highest BCUT2D eigenvalue weighted by Gasteiger charge is 2.26. The van der Waals surface area contributed by atoms with E-state index in [1.807, 2.05) is 0 Å². The molecule has 0 radical (unpaired) electrons. The lowest BCUT2D eigenvalue weighted by molar-refractivity contribution is -0.0465. The Hall–Kier alpha value is -1.24. The molecule has 2 saturated heterocycles. The van der Waals surface area contributed by atoms with Crippen LogP contribution in [0.1, 0.15) is 45.4 Å². The van der Waals surface area contributed by atoms with Gasteiger partial charge in [-0.05, 0) is 36.8 Å². The van der Waals surface area contributed by atoms with Gasteiger partial charge in [0.05, 0.1) is 26.4 Å². The van der Waals surface area contributed by atoms with E-state index in [1.54, 1.807) is 0 Å². The molecule has 2 unspecified atom stereocenters. The molecule has 2 atom stereocenters. The molecule has 27 heavy (non-hydrogen) atoms. The van der Waals surface area contributed by atoms with Crippen molar-refractivity contribution in [1.82, 2.24) is 0 Å². The minimum Gasteiger partial charge on any atom is -0.376 e. The summed E-state index contributed by atoms with van der Waals surface area (Å²) in [6, 6.07) is 0. The number of allylic oxidation sites excluding steroid dienone is 8. The maximum atomic E-state index is 8.33. The second kappa shape index (κ2) is 13.0. The monoisotopic (exact) mass is 378 g/mol. The molecule has 5 heteroatoms. The van der Waals surface area contributed by atoms with Crippen LogP contribution in [0.2, 0.25) is 0 Å². The van der Waals surface area contributed by atoms with Crippen LogP contribution in [0.15, 0.2) is 47.6 Å². The van der Waals surface area contributed by atoms with E-state index in [0.29, 0.717) is 18.6 Å². The first kappa shape index (κ1) is 22.1. The zero-order valence-electron chi connectivity index (χ0n) is 16.4. The molecule has 4 aliphatic rings. The van der Waals surface area contributed by atoms with Crippen LogP contribution >= 0.6 is 0 Å². The van der Waals surface area contributed by atoms with Gasteiger partial charge in [0.15, 0.2) is 6.29 Å². The summed E-state index contributed by atoms with van der Waals surface area (Å²) in [5.41, 5.74) is 2.98. The van der Waals surface area contributed by atoms with E-state index < -0.39 is 6.29 Å². The van der Waals surface area contributed by atoms with Gasteiger partial charge in [0.1, 0.15) is 12.2 Å². The molecular weight excluding hydrogens is 344 g/mol. The maximum absolute atomic E-state index is 8.33. The first-order chi connectivity index (χ1) is 13.2. The predicted molar refractivity (Wildman–Crippen MR) is 106 cm³/mol. The van der Waals surface area contributed by atoms with Gasteiger partial charge in [-0.3, -0.25) is 0 Å². The summed E-state index contributed by atoms with van der Waals surface area (Å²) in [6.45, 7) is 5.35. The predicted octanol–water partition coefficient (Wildman–Crippen LogP) is 3.44. The number of rotatable bonds is 9. The summed E-state index contributed by atoms with van der Waals surface area (Å²) in [6.07, 6.45) is 18.7. The molecular formula is C22H34O5. The first-order valence-corrected chi connectivity index (χ1v) is 10.1. The Morgan fingerprint density at radius 3 is 1.81 bits per heavy atom. The van der Waals surface area contributed by atoms with E-state index in [9.17, 15) is 0 Å². The van der Waals surface area contributed by atoms with E-state index in [0.717, 1.165) is 58.5 Å². The number of hydrogen-bond donors (Lipinski definition) is 2. The van der Waals surface area contributed by atoms with Crippen LogP contribution < -0.4 is 0 Å². The highest BCUT2D eigenvalue weighted by Crippen LogP contribution is 2.25. The first-order valence-electron chi connectivity index (χ1n) is 10.1. The van der Waals surface area contributed by atoms with Crippen LogP contribution in [0, 0.1) is 0 Å². The van der Waals surface area contributed by atoms with Crippen molar-refractivity contribution in [1.29, 1.82) is 0 Å². The molecule has 0 amide bonds. The van der Waals surface area contributed by atoms with Gasteiger partial charge >= 0.3 is 0 Å². The molecule has 0 saturated carbocycles. The van der Waals surface area contributed by atoms with Crippen molar-refractivity contribution in [2.45, 2.75) is 63.9 Å². The van der Waals surface area contributed by atoms with Gasteiger partial charge in [0.2, 0.25) is 0 Å². The fraction of sp³-hybridized carbons (Fsp3) is 0.636. The zero-order valence-corrected chi connectivity index (χ0v) is 16.4. The van der Waals surface area contributed by atoms with Gasteiger partial charge in [-0.25, -0.2) is 0 Å². The zero-order chi connectivity index (χ0) is 19.3. The largest absolute Gasteiger partial charge is 0.376 e. The van der Waals surface area contributed by atoms with Gasteiger partial charge in [-0.2, -0.15) is 0 Å². The topological polar surface area (TPSA) is 74.8 Å². The quantitative estimate of drug-likeness (QED) is 0.365. The average Bonchev–Trinajstić information content (AvgIpc) is 3.53. The summed E-state index contributed by atoms with van der Waals surface area (Å²) >= 11 is 0. The third kappa shape index (κ3) is 11.3. The van der Waals surface area contributed by atoms with Gasteiger partial charge in [-0.1, -0.05) is 56.2 Å². The molecule has 2 fully saturated rings. The Morgan fingerprint density at radius 2 is 1.48 bits per heavy atom. The van der Waals surface area contributed by atoms with Crippen molar-refractivity contribution < 1.29 is 24.4 Å². The fourth-order valence-electron chi connectivity index (χ4n) is 2.61. The lowest BCUT2D eigenvalue weighted by Gasteiger charge is -1.99. The van der Waals surface area contributed by atoms with Crippen molar-refractivity contribution in [2.24, 2.45) is 0 Å². The molecule has 0 spiro atoms. The Bertz CT molecular complexity index is 485. The van der Waals surface area contributed by atoms with Gasteiger partial charge < -0.3 is 24.4 Å². The lowest BCUT2D eigenvalue weighted by atomic mass is 10.1. The van der Waals surface area contributed by atoms with E-state index in [-0.39, 0.29) is 0 Å². The van der Waals surface area contributed by atoms with Crippen molar-refractivity contribution in [3.05, 3.63) is 47.6 Å². The van der Waals surface area contributed by atoms with Crippen molar-refractivity contribution in [3.8, 4) is 0 Å². The molecule has 5 nitrogen and oxygen atoms in total. The third-order valence-electron chi connectivity index (χ3n) is 4.43. The van der Waals surface area contributed by atoms with Crippen molar-refractivity contribution in [3.63, 3.8) is 0 Å². The van der Waals surface area contributed by atoms with Crippen LogP contribution in [-0.2, 0) is 14.2 Å². The normalized spacial score (nSPS) is 24.0. The Labute approximate surface area is 163 Å². The van der Waals surface area contributed by atoms with Gasteiger partial charge in [-0.15, -0.1) is 0 Å².